The van der Waals surface area contributed by atoms with Crippen LogP contribution >= 0.6 is 0 Å². The molecule has 90 valence electrons. The summed E-state index contributed by atoms with van der Waals surface area (Å²) in [6.45, 7) is 4.19. The Balaban J connectivity index is 0.00000162. The van der Waals surface area contributed by atoms with Crippen molar-refractivity contribution in [2.45, 2.75) is 24.7 Å². The maximum Gasteiger partial charge on any atom is 1.00 e. The van der Waals surface area contributed by atoms with E-state index in [-0.39, 0.29) is 34.5 Å². The Morgan fingerprint density at radius 3 is 2.11 bits per heavy atom. The molecule has 0 saturated carbocycles. The van der Waals surface area contributed by atoms with Gasteiger partial charge in [0, 0.05) is 0 Å². The predicted molar refractivity (Wildman–Crippen MR) is 66.0 cm³/mol. The van der Waals surface area contributed by atoms with Gasteiger partial charge in [0.05, 0.1) is 4.90 Å². The van der Waals surface area contributed by atoms with Crippen molar-refractivity contribution in [3.63, 3.8) is 0 Å². The van der Waals surface area contributed by atoms with Crippen molar-refractivity contribution in [3.8, 4) is 0 Å². The van der Waals surface area contributed by atoms with E-state index in [1.165, 1.54) is 17.7 Å². The van der Waals surface area contributed by atoms with Gasteiger partial charge in [-0.15, -0.1) is 0 Å². The summed E-state index contributed by atoms with van der Waals surface area (Å²) in [4.78, 5) is -0.178. The molecule has 0 saturated heterocycles. The molecule has 0 aromatic heterocycles. The molecule has 2 aromatic rings. The van der Waals surface area contributed by atoms with Gasteiger partial charge in [-0.2, -0.15) is 0 Å². The molecule has 0 spiro atoms. The zero-order valence-electron chi connectivity index (χ0n) is 10.7. The second kappa shape index (κ2) is 5.72. The molecule has 0 heterocycles. The number of fused-ring (bicyclic) bond motifs is 1. The minimum Gasteiger partial charge on any atom is -0.744 e. The molecule has 0 unspecified atom stereocenters. The molecule has 0 aliphatic heterocycles. The molecule has 18 heavy (non-hydrogen) atoms. The standard InChI is InChI=1S/C13H14O3S.Na/c1-9(2)10-3-4-12-8-13(17(14,15)16)6-5-11(12)7-10;/h3-9H,1-2H3,(H,14,15,16);/q;+1/p-1. The Labute approximate surface area is 129 Å². The van der Waals surface area contributed by atoms with Gasteiger partial charge < -0.3 is 4.55 Å². The number of rotatable bonds is 2. The second-order valence-electron chi connectivity index (χ2n) is 4.38. The van der Waals surface area contributed by atoms with E-state index in [4.69, 9.17) is 0 Å². The van der Waals surface area contributed by atoms with E-state index in [9.17, 15) is 13.0 Å². The van der Waals surface area contributed by atoms with Gasteiger partial charge in [0.15, 0.2) is 0 Å². The molecule has 0 N–H and O–H groups in total. The van der Waals surface area contributed by atoms with Gasteiger partial charge in [0.2, 0.25) is 0 Å². The first-order valence-electron chi connectivity index (χ1n) is 5.37. The summed E-state index contributed by atoms with van der Waals surface area (Å²) in [5.41, 5.74) is 1.19. The molecule has 0 radical (unpaired) electrons. The minimum atomic E-state index is -4.37. The van der Waals surface area contributed by atoms with E-state index >= 15 is 0 Å². The third-order valence-corrected chi connectivity index (χ3v) is 3.62. The van der Waals surface area contributed by atoms with Crippen molar-refractivity contribution in [2.24, 2.45) is 0 Å². The summed E-state index contributed by atoms with van der Waals surface area (Å²) in [5.74, 6) is 0.419. The normalized spacial score (nSPS) is 11.6. The first-order chi connectivity index (χ1) is 7.88. The Morgan fingerprint density at radius 1 is 1.00 bits per heavy atom. The average molecular weight is 272 g/mol. The quantitative estimate of drug-likeness (QED) is 0.565. The molecule has 0 atom stereocenters. The van der Waals surface area contributed by atoms with Crippen LogP contribution in [0.15, 0.2) is 41.3 Å². The molecule has 2 aromatic carbocycles. The summed E-state index contributed by atoms with van der Waals surface area (Å²) in [5, 5.41) is 1.72. The molecule has 0 bridgehead atoms. The molecule has 3 nitrogen and oxygen atoms in total. The largest absolute Gasteiger partial charge is 1.00 e. The zero-order chi connectivity index (χ0) is 12.6. The maximum absolute atomic E-state index is 10.9. The summed E-state index contributed by atoms with van der Waals surface area (Å²) in [7, 11) is -4.37. The number of hydrogen-bond acceptors (Lipinski definition) is 3. The topological polar surface area (TPSA) is 57.2 Å². The first kappa shape index (κ1) is 15.7. The zero-order valence-corrected chi connectivity index (χ0v) is 13.5. The van der Waals surface area contributed by atoms with Crippen LogP contribution in [0.3, 0.4) is 0 Å². The van der Waals surface area contributed by atoms with Gasteiger partial charge in [-0.05, 0) is 34.4 Å². The molecular formula is C13H13NaO3S. The van der Waals surface area contributed by atoms with Gasteiger partial charge in [0.25, 0.3) is 0 Å². The van der Waals surface area contributed by atoms with Crippen LogP contribution < -0.4 is 29.6 Å². The number of hydrogen-bond donors (Lipinski definition) is 0. The van der Waals surface area contributed by atoms with Crippen LogP contribution in [0.2, 0.25) is 0 Å². The van der Waals surface area contributed by atoms with Crippen LogP contribution in [-0.2, 0) is 10.1 Å². The van der Waals surface area contributed by atoms with Crippen LogP contribution in [0, 0.1) is 0 Å². The van der Waals surface area contributed by atoms with Crippen molar-refractivity contribution in [1.82, 2.24) is 0 Å². The van der Waals surface area contributed by atoms with Crippen molar-refractivity contribution >= 4 is 20.9 Å². The van der Waals surface area contributed by atoms with Crippen molar-refractivity contribution < 1.29 is 42.5 Å². The van der Waals surface area contributed by atoms with Gasteiger partial charge >= 0.3 is 29.6 Å². The Morgan fingerprint density at radius 2 is 1.56 bits per heavy atom. The van der Waals surface area contributed by atoms with Crippen LogP contribution in [0.25, 0.3) is 10.8 Å². The van der Waals surface area contributed by atoms with Gasteiger partial charge in [-0.25, -0.2) is 8.42 Å². The Hall–Kier alpha value is -0.390. The fourth-order valence-electron chi connectivity index (χ4n) is 1.76. The third-order valence-electron chi connectivity index (χ3n) is 2.79. The van der Waals surface area contributed by atoms with Crippen LogP contribution in [0.1, 0.15) is 25.3 Å². The molecule has 0 aliphatic carbocycles. The summed E-state index contributed by atoms with van der Waals surface area (Å²) < 4.78 is 32.7. The molecular weight excluding hydrogens is 259 g/mol. The van der Waals surface area contributed by atoms with E-state index in [1.807, 2.05) is 18.2 Å². The van der Waals surface area contributed by atoms with Crippen molar-refractivity contribution in [1.29, 1.82) is 0 Å². The van der Waals surface area contributed by atoms with Crippen molar-refractivity contribution in [2.75, 3.05) is 0 Å². The summed E-state index contributed by atoms with van der Waals surface area (Å²) >= 11 is 0. The average Bonchev–Trinajstić information content (AvgIpc) is 2.26. The van der Waals surface area contributed by atoms with Gasteiger partial charge in [-0.1, -0.05) is 38.1 Å². The fourth-order valence-corrected chi connectivity index (χ4v) is 2.26. The smallest absolute Gasteiger partial charge is 0.744 e. The molecule has 5 heteroatoms. The summed E-state index contributed by atoms with van der Waals surface area (Å²) in [6.07, 6.45) is 0. The minimum absolute atomic E-state index is 0. The molecule has 0 fully saturated rings. The van der Waals surface area contributed by atoms with Crippen LogP contribution in [0.5, 0.6) is 0 Å². The Bertz CT molecular complexity index is 663. The van der Waals surface area contributed by atoms with Crippen LogP contribution in [-0.4, -0.2) is 13.0 Å². The summed E-state index contributed by atoms with van der Waals surface area (Å²) in [6, 6.07) is 10.3. The fraction of sp³-hybridized carbons (Fsp3) is 0.231. The first-order valence-corrected chi connectivity index (χ1v) is 6.78. The van der Waals surface area contributed by atoms with Crippen LogP contribution in [0.4, 0.5) is 0 Å². The van der Waals surface area contributed by atoms with E-state index in [0.717, 1.165) is 10.8 Å². The third kappa shape index (κ3) is 3.33. The van der Waals surface area contributed by atoms with E-state index in [1.54, 1.807) is 6.07 Å². The Kier molecular flexibility index (Phi) is 4.98. The predicted octanol–water partition coefficient (Wildman–Crippen LogP) is -0.129. The maximum atomic E-state index is 10.9. The van der Waals surface area contributed by atoms with E-state index in [2.05, 4.69) is 13.8 Å². The molecule has 2 rings (SSSR count). The molecule has 0 aliphatic rings. The monoisotopic (exact) mass is 272 g/mol. The second-order valence-corrected chi connectivity index (χ2v) is 5.76. The SMILES string of the molecule is CC(C)c1ccc2cc(S(=O)(=O)[O-])ccc2c1.[Na+]. The molecule has 0 amide bonds. The van der Waals surface area contributed by atoms with Crippen molar-refractivity contribution in [3.05, 3.63) is 42.0 Å². The van der Waals surface area contributed by atoms with E-state index in [0.29, 0.717) is 5.92 Å². The number of benzene rings is 2. The van der Waals surface area contributed by atoms with E-state index < -0.39 is 10.1 Å². The van der Waals surface area contributed by atoms with Gasteiger partial charge in [0.1, 0.15) is 10.1 Å². The van der Waals surface area contributed by atoms with Gasteiger partial charge in [-0.3, -0.25) is 0 Å².